The Morgan fingerprint density at radius 2 is 1.60 bits per heavy atom. The van der Waals surface area contributed by atoms with Gasteiger partial charge in [-0.2, -0.15) is 0 Å². The fourth-order valence-electron chi connectivity index (χ4n) is 7.44. The Labute approximate surface area is 279 Å². The highest BCUT2D eigenvalue weighted by molar-refractivity contribution is 8.00. The summed E-state index contributed by atoms with van der Waals surface area (Å²) >= 11 is 8.85. The third kappa shape index (κ3) is 6.13. The Morgan fingerprint density at radius 3 is 2.33 bits per heavy atom. The maximum Gasteiger partial charge on any atom is 0.0612 e. The molecule has 0 saturated heterocycles. The maximum absolute atomic E-state index is 6.87. The molecule has 0 aromatic heterocycles. The van der Waals surface area contributed by atoms with E-state index < -0.39 is 0 Å². The van der Waals surface area contributed by atoms with Crippen molar-refractivity contribution in [1.82, 2.24) is 0 Å². The minimum absolute atomic E-state index is 0.148. The van der Waals surface area contributed by atoms with Gasteiger partial charge in [0.15, 0.2) is 0 Å². The summed E-state index contributed by atoms with van der Waals surface area (Å²) in [6, 6.07) is 32.9. The molecule has 0 radical (unpaired) electrons. The second-order valence-electron chi connectivity index (χ2n) is 12.4. The van der Waals surface area contributed by atoms with Gasteiger partial charge in [-0.25, -0.2) is 0 Å². The van der Waals surface area contributed by atoms with E-state index in [0.717, 1.165) is 18.0 Å². The van der Waals surface area contributed by atoms with Crippen molar-refractivity contribution in [2.24, 2.45) is 5.92 Å². The van der Waals surface area contributed by atoms with Gasteiger partial charge in [0.2, 0.25) is 0 Å². The SMILES string of the molecule is C=CC1c2ccccc2SC1Cc1ccc(Cl)cc1N(c1cccc(N(CC)c2ccccc2)c1C)C1C(C)=CC(C)=C[C@@H]1C. The fourth-order valence-corrected chi connectivity index (χ4v) is 9.10. The lowest BCUT2D eigenvalue weighted by atomic mass is 9.84. The zero-order chi connectivity index (χ0) is 31.7. The first kappa shape index (κ1) is 31.3. The van der Waals surface area contributed by atoms with Gasteiger partial charge in [0.25, 0.3) is 0 Å². The third-order valence-corrected chi connectivity index (χ3v) is 11.0. The van der Waals surface area contributed by atoms with Crippen molar-refractivity contribution in [3.8, 4) is 0 Å². The molecule has 230 valence electrons. The molecule has 45 heavy (non-hydrogen) atoms. The van der Waals surface area contributed by atoms with Gasteiger partial charge in [-0.3, -0.25) is 0 Å². The van der Waals surface area contributed by atoms with E-state index in [1.54, 1.807) is 0 Å². The summed E-state index contributed by atoms with van der Waals surface area (Å²) in [5.74, 6) is 0.616. The molecule has 0 spiro atoms. The summed E-state index contributed by atoms with van der Waals surface area (Å²) in [5.41, 5.74) is 11.5. The quantitative estimate of drug-likeness (QED) is 0.170. The summed E-state index contributed by atoms with van der Waals surface area (Å²) in [5, 5.41) is 1.12. The van der Waals surface area contributed by atoms with Crippen LogP contribution in [0.2, 0.25) is 5.02 Å². The number of hydrogen-bond acceptors (Lipinski definition) is 3. The largest absolute Gasteiger partial charge is 0.341 e. The lowest BCUT2D eigenvalue weighted by molar-refractivity contribution is 0.576. The molecule has 0 saturated carbocycles. The first-order chi connectivity index (χ1) is 21.8. The van der Waals surface area contributed by atoms with Crippen LogP contribution in [-0.4, -0.2) is 17.8 Å². The fraction of sp³-hybridized carbons (Fsp3) is 0.268. The van der Waals surface area contributed by atoms with Crippen molar-refractivity contribution in [2.75, 3.05) is 16.3 Å². The molecular weight excluding hydrogens is 588 g/mol. The average molecular weight is 631 g/mol. The minimum atomic E-state index is 0.148. The topological polar surface area (TPSA) is 6.48 Å². The van der Waals surface area contributed by atoms with Crippen molar-refractivity contribution in [3.05, 3.63) is 149 Å². The second kappa shape index (κ2) is 13.4. The molecule has 6 rings (SSSR count). The van der Waals surface area contributed by atoms with Gasteiger partial charge in [-0.1, -0.05) is 90.9 Å². The van der Waals surface area contributed by atoms with Crippen molar-refractivity contribution < 1.29 is 0 Å². The van der Waals surface area contributed by atoms with Crippen LogP contribution < -0.4 is 9.80 Å². The van der Waals surface area contributed by atoms with Gasteiger partial charge in [0, 0.05) is 50.4 Å². The van der Waals surface area contributed by atoms with Gasteiger partial charge < -0.3 is 9.80 Å². The van der Waals surface area contributed by atoms with E-state index in [4.69, 9.17) is 11.6 Å². The Balaban J connectivity index is 1.50. The number of nitrogens with zero attached hydrogens (tertiary/aromatic N) is 2. The van der Waals surface area contributed by atoms with Crippen LogP contribution in [0.1, 0.15) is 50.3 Å². The molecule has 4 heteroatoms. The highest BCUT2D eigenvalue weighted by Gasteiger charge is 2.35. The van der Waals surface area contributed by atoms with Crippen molar-refractivity contribution in [1.29, 1.82) is 0 Å². The second-order valence-corrected chi connectivity index (χ2v) is 14.1. The van der Waals surface area contributed by atoms with E-state index in [9.17, 15) is 0 Å². The maximum atomic E-state index is 6.87. The van der Waals surface area contributed by atoms with Crippen LogP contribution in [0.3, 0.4) is 0 Å². The number of benzene rings is 4. The van der Waals surface area contributed by atoms with E-state index in [1.165, 1.54) is 55.5 Å². The van der Waals surface area contributed by atoms with E-state index in [-0.39, 0.29) is 6.04 Å². The molecule has 4 aromatic rings. The highest BCUT2D eigenvalue weighted by Crippen LogP contribution is 2.49. The molecular formula is C41H43ClN2S. The zero-order valence-electron chi connectivity index (χ0n) is 27.0. The van der Waals surface area contributed by atoms with Crippen LogP contribution in [0.4, 0.5) is 22.7 Å². The Morgan fingerprint density at radius 1 is 0.867 bits per heavy atom. The van der Waals surface area contributed by atoms with Gasteiger partial charge in [0.1, 0.15) is 0 Å². The van der Waals surface area contributed by atoms with Gasteiger partial charge in [-0.15, -0.1) is 18.3 Å². The molecule has 0 amide bonds. The van der Waals surface area contributed by atoms with Gasteiger partial charge >= 0.3 is 0 Å². The number of allylic oxidation sites excluding steroid dienone is 3. The molecule has 0 bridgehead atoms. The number of hydrogen-bond donors (Lipinski definition) is 0. The van der Waals surface area contributed by atoms with Crippen LogP contribution >= 0.6 is 23.4 Å². The van der Waals surface area contributed by atoms with E-state index in [2.05, 4.69) is 160 Å². The predicted molar refractivity (Wildman–Crippen MR) is 197 cm³/mol. The Hall–Kier alpha value is -3.66. The molecule has 1 aliphatic heterocycles. The normalized spacial score (nSPS) is 20.7. The van der Waals surface area contributed by atoms with Crippen molar-refractivity contribution in [3.63, 3.8) is 0 Å². The first-order valence-electron chi connectivity index (χ1n) is 16.0. The summed E-state index contributed by atoms with van der Waals surface area (Å²) in [6.45, 7) is 16.5. The zero-order valence-corrected chi connectivity index (χ0v) is 28.6. The summed E-state index contributed by atoms with van der Waals surface area (Å²) in [6.07, 6.45) is 7.81. The predicted octanol–water partition coefficient (Wildman–Crippen LogP) is 11.8. The van der Waals surface area contributed by atoms with E-state index in [0.29, 0.717) is 17.1 Å². The Kier molecular flexibility index (Phi) is 9.31. The molecule has 1 heterocycles. The molecule has 3 unspecified atom stereocenters. The number of anilines is 4. The highest BCUT2D eigenvalue weighted by atomic mass is 35.5. The molecule has 4 atom stereocenters. The lowest BCUT2D eigenvalue weighted by Gasteiger charge is -2.42. The van der Waals surface area contributed by atoms with Crippen molar-refractivity contribution in [2.45, 2.75) is 63.1 Å². The average Bonchev–Trinajstić information content (AvgIpc) is 3.39. The van der Waals surface area contributed by atoms with Crippen LogP contribution in [0, 0.1) is 12.8 Å². The molecule has 0 fully saturated rings. The standard InChI is InChI=1S/C41H43ClN2S/c1-7-34-35-17-12-13-20-39(35)45-40(34)25-31-21-22-32(42)26-38(31)44(41-28(4)23-27(3)24-29(41)5)37-19-14-18-36(30(37)6)43(8-2)33-15-10-9-11-16-33/h7,9-24,26,28,34,40-41H,1,8,25H2,2-6H3/t28-,34?,40?,41?/m0/s1. The summed E-state index contributed by atoms with van der Waals surface area (Å²) in [4.78, 5) is 6.37. The Bertz CT molecular complexity index is 1760. The number of rotatable bonds is 9. The van der Waals surface area contributed by atoms with Crippen LogP contribution in [0.15, 0.2) is 132 Å². The number of para-hydroxylation sites is 1. The van der Waals surface area contributed by atoms with Crippen LogP contribution in [0.25, 0.3) is 0 Å². The minimum Gasteiger partial charge on any atom is -0.341 e. The molecule has 2 nitrogen and oxygen atoms in total. The van der Waals surface area contributed by atoms with Gasteiger partial charge in [-0.05, 0) is 105 Å². The molecule has 2 aliphatic rings. The molecule has 1 aliphatic carbocycles. The number of halogens is 1. The van der Waals surface area contributed by atoms with E-state index >= 15 is 0 Å². The lowest BCUT2D eigenvalue weighted by Crippen LogP contribution is -2.39. The van der Waals surface area contributed by atoms with E-state index in [1.807, 2.05) is 11.8 Å². The van der Waals surface area contributed by atoms with Crippen LogP contribution in [-0.2, 0) is 6.42 Å². The van der Waals surface area contributed by atoms with Crippen LogP contribution in [0.5, 0.6) is 0 Å². The van der Waals surface area contributed by atoms with Crippen molar-refractivity contribution >= 4 is 46.1 Å². The summed E-state index contributed by atoms with van der Waals surface area (Å²) in [7, 11) is 0. The summed E-state index contributed by atoms with van der Waals surface area (Å²) < 4.78 is 0. The third-order valence-electron chi connectivity index (χ3n) is 9.37. The monoisotopic (exact) mass is 630 g/mol. The molecule has 4 aromatic carbocycles. The number of thioether (sulfide) groups is 1. The first-order valence-corrected chi connectivity index (χ1v) is 17.3. The van der Waals surface area contributed by atoms with Gasteiger partial charge in [0.05, 0.1) is 6.04 Å². The number of fused-ring (bicyclic) bond motifs is 1. The molecule has 0 N–H and O–H groups in total. The smallest absolute Gasteiger partial charge is 0.0612 e.